The van der Waals surface area contributed by atoms with Crippen LogP contribution in [0.1, 0.15) is 10.4 Å². The van der Waals surface area contributed by atoms with Crippen LogP contribution in [0.3, 0.4) is 0 Å². The summed E-state index contributed by atoms with van der Waals surface area (Å²) in [6.07, 6.45) is 0. The molecule has 15 heavy (non-hydrogen) atoms. The van der Waals surface area contributed by atoms with Crippen LogP contribution in [-0.4, -0.2) is 31.2 Å². The Morgan fingerprint density at radius 1 is 1.47 bits per heavy atom. The summed E-state index contributed by atoms with van der Waals surface area (Å²) in [6, 6.07) is 2.11. The Labute approximate surface area is 98.8 Å². The molecular weight excluding hydrogens is 232 g/mol. The molecule has 2 rings (SSSR count). The quantitative estimate of drug-likeness (QED) is 0.882. The number of rotatable bonds is 3. The summed E-state index contributed by atoms with van der Waals surface area (Å²) in [5, 5.41) is 0. The Hall–Kier alpha value is -0.130. The van der Waals surface area contributed by atoms with Crippen molar-refractivity contribution in [2.24, 2.45) is 5.73 Å². The topological polar surface area (TPSA) is 38.5 Å². The first-order valence-electron chi connectivity index (χ1n) is 5.07. The van der Waals surface area contributed by atoms with Crippen molar-refractivity contribution >= 4 is 22.9 Å². The molecule has 84 valence electrons. The normalized spacial score (nSPS) is 18.3. The number of nitrogens with two attached hydrogens (primary N) is 1. The molecule has 2 N–H and O–H groups in total. The lowest BCUT2D eigenvalue weighted by atomic mass is 10.2. The molecule has 1 saturated heterocycles. The number of thiophene rings is 1. The molecule has 0 aromatic carbocycles. The van der Waals surface area contributed by atoms with Crippen LogP contribution in [0.25, 0.3) is 0 Å². The molecule has 0 radical (unpaired) electrons. The molecule has 0 atom stereocenters. The monoisotopic (exact) mass is 246 g/mol. The first-order chi connectivity index (χ1) is 7.29. The van der Waals surface area contributed by atoms with Gasteiger partial charge in [0.25, 0.3) is 0 Å². The smallest absolute Gasteiger partial charge is 0.0976 e. The first kappa shape index (κ1) is 11.4. The van der Waals surface area contributed by atoms with Crippen LogP contribution in [0.5, 0.6) is 0 Å². The van der Waals surface area contributed by atoms with Gasteiger partial charge in [0.05, 0.1) is 17.6 Å². The lowest BCUT2D eigenvalue weighted by Crippen LogP contribution is -2.35. The summed E-state index contributed by atoms with van der Waals surface area (Å²) in [6.45, 7) is 5.12. The van der Waals surface area contributed by atoms with E-state index in [0.717, 1.165) is 42.1 Å². The molecule has 0 unspecified atom stereocenters. The van der Waals surface area contributed by atoms with Crippen molar-refractivity contribution in [2.75, 3.05) is 26.3 Å². The van der Waals surface area contributed by atoms with Crippen LogP contribution < -0.4 is 5.73 Å². The number of hydrogen-bond acceptors (Lipinski definition) is 4. The molecule has 2 heterocycles. The summed E-state index contributed by atoms with van der Waals surface area (Å²) in [7, 11) is 0. The Kier molecular flexibility index (Phi) is 3.99. The van der Waals surface area contributed by atoms with E-state index in [0.29, 0.717) is 6.54 Å². The Bertz CT molecular complexity index is 323. The van der Waals surface area contributed by atoms with E-state index in [1.807, 2.05) is 0 Å². The Morgan fingerprint density at radius 2 is 2.20 bits per heavy atom. The van der Waals surface area contributed by atoms with Gasteiger partial charge in [-0.1, -0.05) is 11.6 Å². The van der Waals surface area contributed by atoms with Crippen molar-refractivity contribution < 1.29 is 4.74 Å². The highest BCUT2D eigenvalue weighted by Gasteiger charge is 2.14. The maximum Gasteiger partial charge on any atom is 0.0976 e. The van der Waals surface area contributed by atoms with Crippen molar-refractivity contribution in [1.29, 1.82) is 0 Å². The third kappa shape index (κ3) is 2.92. The summed E-state index contributed by atoms with van der Waals surface area (Å²) >= 11 is 7.73. The number of hydrogen-bond donors (Lipinski definition) is 1. The average molecular weight is 247 g/mol. The standard InChI is InChI=1S/C10H15ClN2OS/c11-10-8(5-9(6-12)15-10)7-13-1-3-14-4-2-13/h5H,1-4,6-7,12H2. The van der Waals surface area contributed by atoms with Crippen LogP contribution in [-0.2, 0) is 17.8 Å². The van der Waals surface area contributed by atoms with Crippen LogP contribution in [0.2, 0.25) is 4.34 Å². The average Bonchev–Trinajstić information content (AvgIpc) is 2.61. The van der Waals surface area contributed by atoms with Gasteiger partial charge >= 0.3 is 0 Å². The molecule has 5 heteroatoms. The molecule has 1 aliphatic rings. The summed E-state index contributed by atoms with van der Waals surface area (Å²) in [5.74, 6) is 0. The molecule has 1 aliphatic heterocycles. The molecule has 0 spiro atoms. The molecule has 1 aromatic heterocycles. The van der Waals surface area contributed by atoms with Crippen LogP contribution in [0, 0.1) is 0 Å². The van der Waals surface area contributed by atoms with E-state index in [1.165, 1.54) is 5.56 Å². The van der Waals surface area contributed by atoms with Gasteiger partial charge in [0.1, 0.15) is 0 Å². The zero-order valence-electron chi connectivity index (χ0n) is 8.54. The molecule has 0 saturated carbocycles. The molecule has 1 aromatic rings. The van der Waals surface area contributed by atoms with E-state index in [-0.39, 0.29) is 0 Å². The van der Waals surface area contributed by atoms with Crippen LogP contribution in [0.4, 0.5) is 0 Å². The highest BCUT2D eigenvalue weighted by molar-refractivity contribution is 7.16. The van der Waals surface area contributed by atoms with Crippen molar-refractivity contribution in [3.05, 3.63) is 20.8 Å². The fraction of sp³-hybridized carbons (Fsp3) is 0.600. The number of morpholine rings is 1. The second kappa shape index (κ2) is 5.27. The predicted molar refractivity (Wildman–Crippen MR) is 63.3 cm³/mol. The van der Waals surface area contributed by atoms with E-state index in [2.05, 4.69) is 11.0 Å². The third-order valence-corrected chi connectivity index (χ3v) is 3.97. The molecule has 3 nitrogen and oxygen atoms in total. The van der Waals surface area contributed by atoms with Crippen molar-refractivity contribution in [2.45, 2.75) is 13.1 Å². The largest absolute Gasteiger partial charge is 0.379 e. The van der Waals surface area contributed by atoms with Gasteiger partial charge in [-0.2, -0.15) is 0 Å². The second-order valence-corrected chi connectivity index (χ2v) is 5.34. The van der Waals surface area contributed by atoms with Gasteiger partial charge < -0.3 is 10.5 Å². The molecule has 0 amide bonds. The van der Waals surface area contributed by atoms with Gasteiger partial charge in [0.15, 0.2) is 0 Å². The van der Waals surface area contributed by atoms with Crippen LogP contribution in [0.15, 0.2) is 6.07 Å². The van der Waals surface area contributed by atoms with Crippen LogP contribution >= 0.6 is 22.9 Å². The molecular formula is C10H15ClN2OS. The van der Waals surface area contributed by atoms with Crippen molar-refractivity contribution in [3.63, 3.8) is 0 Å². The minimum Gasteiger partial charge on any atom is -0.379 e. The summed E-state index contributed by atoms with van der Waals surface area (Å²) in [4.78, 5) is 3.51. The van der Waals surface area contributed by atoms with E-state index in [1.54, 1.807) is 11.3 Å². The highest BCUT2D eigenvalue weighted by atomic mass is 35.5. The lowest BCUT2D eigenvalue weighted by Gasteiger charge is -2.26. The third-order valence-electron chi connectivity index (χ3n) is 2.51. The molecule has 0 aliphatic carbocycles. The predicted octanol–water partition coefficient (Wildman–Crippen LogP) is 1.69. The maximum absolute atomic E-state index is 6.15. The SMILES string of the molecule is NCc1cc(CN2CCOCC2)c(Cl)s1. The summed E-state index contributed by atoms with van der Waals surface area (Å²) in [5.41, 5.74) is 6.78. The fourth-order valence-electron chi connectivity index (χ4n) is 1.67. The zero-order chi connectivity index (χ0) is 10.7. The van der Waals surface area contributed by atoms with E-state index in [9.17, 15) is 0 Å². The van der Waals surface area contributed by atoms with E-state index in [4.69, 9.17) is 22.1 Å². The van der Waals surface area contributed by atoms with Gasteiger partial charge in [-0.05, 0) is 11.6 Å². The molecule has 0 bridgehead atoms. The van der Waals surface area contributed by atoms with Gasteiger partial charge in [-0.15, -0.1) is 11.3 Å². The van der Waals surface area contributed by atoms with Crippen molar-refractivity contribution in [1.82, 2.24) is 4.90 Å². The lowest BCUT2D eigenvalue weighted by molar-refractivity contribution is 0.0342. The second-order valence-electron chi connectivity index (χ2n) is 3.60. The minimum absolute atomic E-state index is 0.577. The number of ether oxygens (including phenoxy) is 1. The van der Waals surface area contributed by atoms with Gasteiger partial charge in [-0.3, -0.25) is 4.90 Å². The number of halogens is 1. The summed E-state index contributed by atoms with van der Waals surface area (Å²) < 4.78 is 6.18. The zero-order valence-corrected chi connectivity index (χ0v) is 10.1. The van der Waals surface area contributed by atoms with Gasteiger partial charge in [0.2, 0.25) is 0 Å². The molecule has 1 fully saturated rings. The van der Waals surface area contributed by atoms with E-state index >= 15 is 0 Å². The Morgan fingerprint density at radius 3 is 2.80 bits per heavy atom. The van der Waals surface area contributed by atoms with Gasteiger partial charge in [-0.25, -0.2) is 0 Å². The minimum atomic E-state index is 0.577. The first-order valence-corrected chi connectivity index (χ1v) is 6.26. The fourth-order valence-corrected chi connectivity index (χ4v) is 2.85. The highest BCUT2D eigenvalue weighted by Crippen LogP contribution is 2.28. The Balaban J connectivity index is 1.99. The maximum atomic E-state index is 6.15. The number of nitrogens with zero attached hydrogens (tertiary/aromatic N) is 1. The van der Waals surface area contributed by atoms with Gasteiger partial charge in [0, 0.05) is 31.1 Å². The van der Waals surface area contributed by atoms with E-state index < -0.39 is 0 Å². The van der Waals surface area contributed by atoms with Crippen molar-refractivity contribution in [3.8, 4) is 0 Å².